The van der Waals surface area contributed by atoms with E-state index in [4.69, 9.17) is 5.73 Å². The normalized spacial score (nSPS) is 21.6. The molecule has 1 aromatic carbocycles. The molecule has 0 saturated heterocycles. The minimum Gasteiger partial charge on any atom is -0.398 e. The summed E-state index contributed by atoms with van der Waals surface area (Å²) in [5.41, 5.74) is 5.54. The molecule has 0 spiro atoms. The van der Waals surface area contributed by atoms with Crippen LogP contribution in [0.4, 0.5) is 14.5 Å². The number of alkyl halides is 2. The highest BCUT2D eigenvalue weighted by Crippen LogP contribution is 2.41. The highest BCUT2D eigenvalue weighted by molar-refractivity contribution is 7.85. The molecule has 90 valence electrons. The van der Waals surface area contributed by atoms with Gasteiger partial charge in [-0.3, -0.25) is 4.21 Å². The molecule has 2 rings (SSSR count). The third-order valence-electron chi connectivity index (χ3n) is 2.27. The van der Waals surface area contributed by atoms with Crippen molar-refractivity contribution in [2.24, 2.45) is 0 Å². The summed E-state index contributed by atoms with van der Waals surface area (Å²) in [5.74, 6) is -2.91. The predicted octanol–water partition coefficient (Wildman–Crippen LogP) is 2.90. The second-order valence-electron chi connectivity index (χ2n) is 3.23. The summed E-state index contributed by atoms with van der Waals surface area (Å²) in [6.45, 7) is 4.00. The average Bonchev–Trinajstić information content (AvgIpc) is 2.27. The summed E-state index contributed by atoms with van der Waals surface area (Å²) < 4.78 is 38.2. The van der Waals surface area contributed by atoms with Gasteiger partial charge in [-0.25, -0.2) is 8.78 Å². The van der Waals surface area contributed by atoms with Gasteiger partial charge in [0.25, 0.3) is 5.92 Å². The third kappa shape index (κ3) is 2.24. The molecule has 0 radical (unpaired) electrons. The van der Waals surface area contributed by atoms with Crippen LogP contribution in [0.25, 0.3) is 0 Å². The molecule has 2 N–H and O–H groups in total. The molecule has 0 bridgehead atoms. The van der Waals surface area contributed by atoms with Crippen LogP contribution in [-0.4, -0.2) is 9.96 Å². The first-order valence-corrected chi connectivity index (χ1v) is 6.49. The lowest BCUT2D eigenvalue weighted by atomic mass is 10.1. The van der Waals surface area contributed by atoms with Crippen LogP contribution in [0.1, 0.15) is 25.8 Å². The van der Waals surface area contributed by atoms with Gasteiger partial charge in [0.15, 0.2) is 0 Å². The number of rotatable bonds is 0. The Morgan fingerprint density at radius 3 is 2.56 bits per heavy atom. The number of fused-ring (bicyclic) bond motifs is 1. The summed E-state index contributed by atoms with van der Waals surface area (Å²) in [7, 11) is -1.38. The highest BCUT2D eigenvalue weighted by atomic mass is 32.2. The van der Waals surface area contributed by atoms with Gasteiger partial charge in [-0.2, -0.15) is 0 Å². The average molecular weight is 247 g/mol. The molecule has 0 aromatic heterocycles. The van der Waals surface area contributed by atoms with E-state index >= 15 is 0 Å². The van der Waals surface area contributed by atoms with Crippen LogP contribution in [-0.2, 0) is 16.7 Å². The van der Waals surface area contributed by atoms with Crippen molar-refractivity contribution in [1.29, 1.82) is 0 Å². The molecule has 5 heteroatoms. The summed E-state index contributed by atoms with van der Waals surface area (Å²) in [4.78, 5) is 0.115. The number of halogens is 2. The molecular formula is C11H15F2NOS. The Morgan fingerprint density at radius 1 is 1.38 bits per heavy atom. The SMILES string of the molecule is CC.Nc1cccc2c1S(=O)CCC2(F)F. The van der Waals surface area contributed by atoms with E-state index in [0.29, 0.717) is 0 Å². The quantitative estimate of drug-likeness (QED) is 0.716. The van der Waals surface area contributed by atoms with Gasteiger partial charge >= 0.3 is 0 Å². The maximum Gasteiger partial charge on any atom is 0.275 e. The fraction of sp³-hybridized carbons (Fsp3) is 0.455. The molecular weight excluding hydrogens is 232 g/mol. The van der Waals surface area contributed by atoms with Gasteiger partial charge in [-0.05, 0) is 6.07 Å². The molecule has 2 nitrogen and oxygen atoms in total. The van der Waals surface area contributed by atoms with Gasteiger partial charge in [0.05, 0.1) is 15.7 Å². The molecule has 1 aromatic rings. The Bertz CT molecular complexity index is 407. The molecule has 1 heterocycles. The van der Waals surface area contributed by atoms with Crippen molar-refractivity contribution in [3.63, 3.8) is 0 Å². The summed E-state index contributed by atoms with van der Waals surface area (Å²) in [6.07, 6.45) is -0.365. The second-order valence-corrected chi connectivity index (χ2v) is 4.74. The molecule has 0 aliphatic carbocycles. The molecule has 1 aliphatic rings. The Hall–Kier alpha value is -0.970. The molecule has 0 saturated carbocycles. The standard InChI is InChI=1S/C9H9F2NOS.C2H6/c10-9(11)4-5-14(13)8-6(9)2-1-3-7(8)12;1-2/h1-3H,4-5,12H2;1-2H3. The molecule has 0 fully saturated rings. The van der Waals surface area contributed by atoms with Crippen molar-refractivity contribution in [3.05, 3.63) is 23.8 Å². The number of anilines is 1. The van der Waals surface area contributed by atoms with Gasteiger partial charge in [-0.15, -0.1) is 0 Å². The molecule has 0 amide bonds. The number of hydrogen-bond donors (Lipinski definition) is 1. The van der Waals surface area contributed by atoms with Gasteiger partial charge in [0.1, 0.15) is 0 Å². The smallest absolute Gasteiger partial charge is 0.275 e. The van der Waals surface area contributed by atoms with E-state index in [1.165, 1.54) is 18.2 Å². The molecule has 16 heavy (non-hydrogen) atoms. The minimum absolute atomic E-state index is 0.0196. The van der Waals surface area contributed by atoms with Crippen LogP contribution in [0, 0.1) is 0 Å². The lowest BCUT2D eigenvalue weighted by Crippen LogP contribution is -2.25. The van der Waals surface area contributed by atoms with Gasteiger partial charge in [-0.1, -0.05) is 26.0 Å². The summed E-state index contributed by atoms with van der Waals surface area (Å²) >= 11 is 0. The van der Waals surface area contributed by atoms with E-state index in [2.05, 4.69) is 0 Å². The van der Waals surface area contributed by atoms with Gasteiger partial charge in [0.2, 0.25) is 0 Å². The number of benzene rings is 1. The molecule has 1 atom stereocenters. The van der Waals surface area contributed by atoms with E-state index in [0.717, 1.165) is 0 Å². The lowest BCUT2D eigenvalue weighted by Gasteiger charge is -2.25. The van der Waals surface area contributed by atoms with Crippen LogP contribution in [0.15, 0.2) is 23.1 Å². The summed E-state index contributed by atoms with van der Waals surface area (Å²) in [6, 6.07) is 4.26. The van der Waals surface area contributed by atoms with E-state index in [1.54, 1.807) is 0 Å². The molecule has 1 unspecified atom stereocenters. The van der Waals surface area contributed by atoms with Crippen molar-refractivity contribution in [1.82, 2.24) is 0 Å². The highest BCUT2D eigenvalue weighted by Gasteiger charge is 2.40. The number of nitrogen functional groups attached to an aromatic ring is 1. The first-order chi connectivity index (χ1) is 7.52. The fourth-order valence-corrected chi connectivity index (χ4v) is 2.99. The van der Waals surface area contributed by atoms with Crippen LogP contribution >= 0.6 is 0 Å². The largest absolute Gasteiger partial charge is 0.398 e. The zero-order valence-electron chi connectivity index (χ0n) is 9.30. The minimum atomic E-state index is -2.89. The maximum atomic E-state index is 13.4. The second kappa shape index (κ2) is 4.91. The van der Waals surface area contributed by atoms with Crippen LogP contribution in [0.2, 0.25) is 0 Å². The first kappa shape index (κ1) is 13.1. The van der Waals surface area contributed by atoms with Crippen LogP contribution in [0.3, 0.4) is 0 Å². The Balaban J connectivity index is 0.000000606. The zero-order chi connectivity index (χ0) is 12.3. The van der Waals surface area contributed by atoms with Crippen molar-refractivity contribution >= 4 is 16.5 Å². The van der Waals surface area contributed by atoms with E-state index in [9.17, 15) is 13.0 Å². The Kier molecular flexibility index (Phi) is 4.02. The van der Waals surface area contributed by atoms with Crippen LogP contribution in [0.5, 0.6) is 0 Å². The third-order valence-corrected chi connectivity index (χ3v) is 3.75. The predicted molar refractivity (Wildman–Crippen MR) is 62.0 cm³/mol. The van der Waals surface area contributed by atoms with Crippen molar-refractivity contribution < 1.29 is 13.0 Å². The monoisotopic (exact) mass is 247 g/mol. The Labute approximate surface area is 96.3 Å². The zero-order valence-corrected chi connectivity index (χ0v) is 10.1. The van der Waals surface area contributed by atoms with E-state index < -0.39 is 16.7 Å². The Morgan fingerprint density at radius 2 is 2.00 bits per heavy atom. The van der Waals surface area contributed by atoms with Gasteiger partial charge in [0, 0.05) is 23.4 Å². The van der Waals surface area contributed by atoms with E-state index in [1.807, 2.05) is 13.8 Å². The van der Waals surface area contributed by atoms with Crippen molar-refractivity contribution in [2.75, 3.05) is 11.5 Å². The number of nitrogens with two attached hydrogens (primary N) is 1. The van der Waals surface area contributed by atoms with Crippen molar-refractivity contribution in [3.8, 4) is 0 Å². The fourth-order valence-electron chi connectivity index (χ4n) is 1.55. The van der Waals surface area contributed by atoms with Gasteiger partial charge < -0.3 is 5.73 Å². The first-order valence-electron chi connectivity index (χ1n) is 5.17. The topological polar surface area (TPSA) is 43.1 Å². The van der Waals surface area contributed by atoms with E-state index in [-0.39, 0.29) is 28.3 Å². The molecule has 1 aliphatic heterocycles. The maximum absolute atomic E-state index is 13.4. The summed E-state index contributed by atoms with van der Waals surface area (Å²) in [5, 5.41) is 0. The van der Waals surface area contributed by atoms with Crippen LogP contribution < -0.4 is 5.73 Å². The number of hydrogen-bond acceptors (Lipinski definition) is 2. The lowest BCUT2D eigenvalue weighted by molar-refractivity contribution is -0.0120. The van der Waals surface area contributed by atoms with Crippen molar-refractivity contribution in [2.45, 2.75) is 31.1 Å².